The van der Waals surface area contributed by atoms with Gasteiger partial charge < -0.3 is 10.6 Å². The molecular weight excluding hydrogens is 296 g/mol. The highest BCUT2D eigenvalue weighted by molar-refractivity contribution is 7.15. The van der Waals surface area contributed by atoms with E-state index >= 15 is 0 Å². The van der Waals surface area contributed by atoms with E-state index in [4.69, 9.17) is 4.98 Å². The number of nitrogens with one attached hydrogen (secondary N) is 2. The van der Waals surface area contributed by atoms with Gasteiger partial charge in [-0.2, -0.15) is 0 Å². The fourth-order valence-electron chi connectivity index (χ4n) is 2.91. The van der Waals surface area contributed by atoms with Crippen LogP contribution in [0.25, 0.3) is 16.3 Å². The van der Waals surface area contributed by atoms with Crippen LogP contribution < -0.4 is 10.6 Å². The molecular formula is C15H18N6S. The average molecular weight is 314 g/mol. The maximum Gasteiger partial charge on any atom is 0.194 e. The molecule has 1 aliphatic heterocycles. The van der Waals surface area contributed by atoms with Gasteiger partial charge in [0.25, 0.3) is 0 Å². The van der Waals surface area contributed by atoms with E-state index in [0.717, 1.165) is 35.1 Å². The number of aromatic nitrogens is 4. The SMILES string of the molecule is CC1NCCCC1Nc1cncc(-c2cnc3sccn23)n1. The Morgan fingerprint density at radius 2 is 2.32 bits per heavy atom. The van der Waals surface area contributed by atoms with E-state index in [1.54, 1.807) is 23.7 Å². The van der Waals surface area contributed by atoms with E-state index in [2.05, 4.69) is 27.5 Å². The zero-order valence-electron chi connectivity index (χ0n) is 12.4. The second-order valence-corrected chi connectivity index (χ2v) is 6.50. The van der Waals surface area contributed by atoms with Gasteiger partial charge in [-0.1, -0.05) is 0 Å². The van der Waals surface area contributed by atoms with E-state index in [9.17, 15) is 0 Å². The summed E-state index contributed by atoms with van der Waals surface area (Å²) < 4.78 is 2.04. The minimum atomic E-state index is 0.393. The van der Waals surface area contributed by atoms with Crippen molar-refractivity contribution in [2.24, 2.45) is 0 Å². The first-order chi connectivity index (χ1) is 10.8. The van der Waals surface area contributed by atoms with Crippen LogP contribution in [0.4, 0.5) is 5.82 Å². The number of nitrogens with zero attached hydrogens (tertiary/aromatic N) is 4. The molecule has 6 nitrogen and oxygen atoms in total. The standard InChI is InChI=1S/C15H18N6S/c1-10-11(3-2-4-17-10)19-14-9-16-7-12(20-14)13-8-18-15-21(13)5-6-22-15/h5-11,17H,2-4H2,1H3,(H,19,20). The van der Waals surface area contributed by atoms with Gasteiger partial charge in [0.2, 0.25) is 0 Å². The van der Waals surface area contributed by atoms with Gasteiger partial charge in [-0.25, -0.2) is 9.97 Å². The molecule has 4 rings (SSSR count). The Labute approximate surface area is 132 Å². The lowest BCUT2D eigenvalue weighted by Gasteiger charge is -2.30. The molecule has 0 bridgehead atoms. The van der Waals surface area contributed by atoms with Gasteiger partial charge in [-0.3, -0.25) is 9.38 Å². The molecule has 0 amide bonds. The lowest BCUT2D eigenvalue weighted by molar-refractivity contribution is 0.388. The van der Waals surface area contributed by atoms with Crippen molar-refractivity contribution in [3.05, 3.63) is 30.2 Å². The Hall–Kier alpha value is -1.99. The van der Waals surface area contributed by atoms with Gasteiger partial charge in [-0.05, 0) is 26.3 Å². The third-order valence-electron chi connectivity index (χ3n) is 4.14. The Morgan fingerprint density at radius 1 is 1.36 bits per heavy atom. The van der Waals surface area contributed by atoms with Gasteiger partial charge in [0.1, 0.15) is 11.5 Å². The highest BCUT2D eigenvalue weighted by atomic mass is 32.1. The summed E-state index contributed by atoms with van der Waals surface area (Å²) in [5, 5.41) is 9.03. The summed E-state index contributed by atoms with van der Waals surface area (Å²) in [5.74, 6) is 0.822. The molecule has 0 spiro atoms. The van der Waals surface area contributed by atoms with Crippen molar-refractivity contribution in [2.75, 3.05) is 11.9 Å². The molecule has 0 saturated carbocycles. The minimum Gasteiger partial charge on any atom is -0.364 e. The first kappa shape index (κ1) is 13.7. The second-order valence-electron chi connectivity index (χ2n) is 5.62. The van der Waals surface area contributed by atoms with Crippen LogP contribution in [-0.4, -0.2) is 38.0 Å². The van der Waals surface area contributed by atoms with E-state index in [-0.39, 0.29) is 0 Å². The Bertz CT molecular complexity index is 779. The quantitative estimate of drug-likeness (QED) is 0.777. The summed E-state index contributed by atoms with van der Waals surface area (Å²) in [4.78, 5) is 14.4. The number of anilines is 1. The summed E-state index contributed by atoms with van der Waals surface area (Å²) in [7, 11) is 0. The molecule has 1 fully saturated rings. The van der Waals surface area contributed by atoms with Crippen molar-refractivity contribution in [2.45, 2.75) is 31.8 Å². The van der Waals surface area contributed by atoms with E-state index in [1.807, 2.05) is 22.2 Å². The molecule has 22 heavy (non-hydrogen) atoms. The van der Waals surface area contributed by atoms with Crippen LogP contribution in [-0.2, 0) is 0 Å². The third-order valence-corrected chi connectivity index (χ3v) is 4.91. The van der Waals surface area contributed by atoms with Crippen molar-refractivity contribution >= 4 is 22.1 Å². The van der Waals surface area contributed by atoms with Gasteiger partial charge in [0, 0.05) is 23.7 Å². The van der Waals surface area contributed by atoms with Crippen LogP contribution >= 0.6 is 11.3 Å². The van der Waals surface area contributed by atoms with Crippen LogP contribution in [0.5, 0.6) is 0 Å². The summed E-state index contributed by atoms with van der Waals surface area (Å²) in [5.41, 5.74) is 1.81. The zero-order valence-corrected chi connectivity index (χ0v) is 13.2. The Morgan fingerprint density at radius 3 is 3.23 bits per heavy atom. The Balaban J connectivity index is 1.62. The van der Waals surface area contributed by atoms with E-state index in [0.29, 0.717) is 12.1 Å². The smallest absolute Gasteiger partial charge is 0.194 e. The van der Waals surface area contributed by atoms with Gasteiger partial charge in [0.15, 0.2) is 4.96 Å². The number of hydrogen-bond donors (Lipinski definition) is 2. The molecule has 7 heteroatoms. The number of rotatable bonds is 3. The number of imidazole rings is 1. The molecule has 3 aromatic heterocycles. The van der Waals surface area contributed by atoms with Gasteiger partial charge >= 0.3 is 0 Å². The fourth-order valence-corrected chi connectivity index (χ4v) is 3.60. The maximum atomic E-state index is 4.72. The summed E-state index contributed by atoms with van der Waals surface area (Å²) in [6, 6.07) is 0.836. The van der Waals surface area contributed by atoms with Crippen LogP contribution in [0.1, 0.15) is 19.8 Å². The molecule has 2 unspecified atom stereocenters. The van der Waals surface area contributed by atoms with Crippen molar-refractivity contribution in [1.82, 2.24) is 24.7 Å². The summed E-state index contributed by atoms with van der Waals surface area (Å²) >= 11 is 1.62. The number of fused-ring (bicyclic) bond motifs is 1. The number of piperidine rings is 1. The lowest BCUT2D eigenvalue weighted by atomic mass is 10.00. The van der Waals surface area contributed by atoms with E-state index < -0.39 is 0 Å². The monoisotopic (exact) mass is 314 g/mol. The van der Waals surface area contributed by atoms with Crippen LogP contribution in [0.15, 0.2) is 30.2 Å². The second kappa shape index (κ2) is 5.66. The number of thiazole rings is 1. The topological polar surface area (TPSA) is 67.1 Å². The molecule has 2 N–H and O–H groups in total. The van der Waals surface area contributed by atoms with Crippen molar-refractivity contribution in [3.63, 3.8) is 0 Å². The van der Waals surface area contributed by atoms with Crippen molar-refractivity contribution in [1.29, 1.82) is 0 Å². The third kappa shape index (κ3) is 2.46. The highest BCUT2D eigenvalue weighted by Gasteiger charge is 2.21. The first-order valence-corrected chi connectivity index (χ1v) is 8.42. The molecule has 1 aliphatic rings. The normalized spacial score (nSPS) is 22.0. The van der Waals surface area contributed by atoms with Crippen molar-refractivity contribution in [3.8, 4) is 11.4 Å². The van der Waals surface area contributed by atoms with Crippen LogP contribution in [0, 0.1) is 0 Å². The molecule has 114 valence electrons. The average Bonchev–Trinajstić information content (AvgIpc) is 3.13. The molecule has 0 aliphatic carbocycles. The molecule has 0 radical (unpaired) electrons. The molecule has 3 aromatic rings. The minimum absolute atomic E-state index is 0.393. The number of hydrogen-bond acceptors (Lipinski definition) is 6. The highest BCUT2D eigenvalue weighted by Crippen LogP contribution is 2.22. The first-order valence-electron chi connectivity index (χ1n) is 7.54. The van der Waals surface area contributed by atoms with Crippen LogP contribution in [0.3, 0.4) is 0 Å². The zero-order chi connectivity index (χ0) is 14.9. The van der Waals surface area contributed by atoms with Crippen LogP contribution in [0.2, 0.25) is 0 Å². The molecule has 0 aromatic carbocycles. The predicted octanol–water partition coefficient (Wildman–Crippen LogP) is 2.41. The van der Waals surface area contributed by atoms with E-state index in [1.165, 1.54) is 6.42 Å². The summed E-state index contributed by atoms with van der Waals surface area (Å²) in [6.07, 6.45) is 9.78. The molecule has 2 atom stereocenters. The predicted molar refractivity (Wildman–Crippen MR) is 88.2 cm³/mol. The molecule has 1 saturated heterocycles. The summed E-state index contributed by atoms with van der Waals surface area (Å²) in [6.45, 7) is 3.30. The largest absolute Gasteiger partial charge is 0.364 e. The maximum absolute atomic E-state index is 4.72. The fraction of sp³-hybridized carbons (Fsp3) is 0.400. The van der Waals surface area contributed by atoms with Crippen molar-refractivity contribution < 1.29 is 0 Å². The molecule has 4 heterocycles. The lowest BCUT2D eigenvalue weighted by Crippen LogP contribution is -2.46. The Kier molecular flexibility index (Phi) is 3.51. The van der Waals surface area contributed by atoms with Gasteiger partial charge in [0.05, 0.1) is 24.3 Å². The van der Waals surface area contributed by atoms with Gasteiger partial charge in [-0.15, -0.1) is 11.3 Å².